The van der Waals surface area contributed by atoms with Crippen molar-refractivity contribution in [2.75, 3.05) is 0 Å². The van der Waals surface area contributed by atoms with E-state index in [4.69, 9.17) is 9.78 Å². The van der Waals surface area contributed by atoms with Crippen molar-refractivity contribution in [1.82, 2.24) is 0 Å². The van der Waals surface area contributed by atoms with Gasteiger partial charge in [0.05, 0.1) is 0 Å². The minimum atomic E-state index is 0.900. The molecule has 0 aromatic carbocycles. The highest BCUT2D eigenvalue weighted by atomic mass is 17.2. The van der Waals surface area contributed by atoms with Crippen LogP contribution in [0.2, 0.25) is 0 Å². The lowest BCUT2D eigenvalue weighted by Gasteiger charge is -2.11. The van der Waals surface area contributed by atoms with Crippen molar-refractivity contribution in [3.8, 4) is 0 Å². The van der Waals surface area contributed by atoms with Gasteiger partial charge in [0.25, 0.3) is 0 Å². The van der Waals surface area contributed by atoms with Gasteiger partial charge in [0, 0.05) is 0 Å². The molecule has 0 aliphatic rings. The molecule has 2 radical (unpaired) electrons. The maximum absolute atomic E-state index is 4.92. The first-order valence-corrected chi connectivity index (χ1v) is 3.70. The van der Waals surface area contributed by atoms with Crippen molar-refractivity contribution >= 4 is 0 Å². The van der Waals surface area contributed by atoms with Crippen molar-refractivity contribution < 1.29 is 9.78 Å². The van der Waals surface area contributed by atoms with Gasteiger partial charge in [-0.3, -0.25) is 0 Å². The molecule has 0 aliphatic heterocycles. The van der Waals surface area contributed by atoms with Crippen LogP contribution in [0.5, 0.6) is 0 Å². The molecule has 0 heterocycles. The predicted molar refractivity (Wildman–Crippen MR) is 40.6 cm³/mol. The zero-order chi connectivity index (χ0) is 7.98. The Kier molecular flexibility index (Phi) is 5.64. The summed E-state index contributed by atoms with van der Waals surface area (Å²) in [7, 11) is 0. The summed E-state index contributed by atoms with van der Waals surface area (Å²) < 4.78 is 0. The SMILES string of the molecule is CC[C](C)OO[C](C)CC. The van der Waals surface area contributed by atoms with E-state index in [1.165, 1.54) is 0 Å². The lowest BCUT2D eigenvalue weighted by molar-refractivity contribution is -0.278. The number of hydrogen-bond donors (Lipinski definition) is 0. The highest BCUT2D eigenvalue weighted by molar-refractivity contribution is 4.68. The molecule has 0 N–H and O–H groups in total. The molecule has 0 rings (SSSR count). The van der Waals surface area contributed by atoms with Crippen LogP contribution in [0.3, 0.4) is 0 Å². The van der Waals surface area contributed by atoms with Crippen molar-refractivity contribution in [1.29, 1.82) is 0 Å². The first kappa shape index (κ1) is 9.92. The normalized spacial score (nSPS) is 11.4. The zero-order valence-corrected chi connectivity index (χ0v) is 7.23. The number of rotatable bonds is 5. The van der Waals surface area contributed by atoms with Gasteiger partial charge in [-0.2, -0.15) is 0 Å². The van der Waals surface area contributed by atoms with Gasteiger partial charge in [-0.1, -0.05) is 13.8 Å². The van der Waals surface area contributed by atoms with Crippen LogP contribution in [0, 0.1) is 12.2 Å². The summed E-state index contributed by atoms with van der Waals surface area (Å²) in [5.74, 6) is 0. The van der Waals surface area contributed by atoms with Crippen LogP contribution in [0.4, 0.5) is 0 Å². The maximum atomic E-state index is 4.92. The second kappa shape index (κ2) is 5.69. The van der Waals surface area contributed by atoms with Crippen LogP contribution in [0.25, 0.3) is 0 Å². The van der Waals surface area contributed by atoms with Gasteiger partial charge in [-0.05, 0) is 26.7 Å². The quantitative estimate of drug-likeness (QED) is 0.436. The number of hydrogen-bond acceptors (Lipinski definition) is 2. The van der Waals surface area contributed by atoms with Crippen LogP contribution in [0.1, 0.15) is 40.5 Å². The molecule has 0 fully saturated rings. The smallest absolute Gasteiger partial charge is 0.132 e. The third-order valence-electron chi connectivity index (χ3n) is 1.32. The molecule has 2 nitrogen and oxygen atoms in total. The summed E-state index contributed by atoms with van der Waals surface area (Å²) in [6.45, 7) is 7.87. The van der Waals surface area contributed by atoms with E-state index in [0.29, 0.717) is 0 Å². The van der Waals surface area contributed by atoms with Crippen LogP contribution in [0.15, 0.2) is 0 Å². The molecule has 0 aliphatic carbocycles. The lowest BCUT2D eigenvalue weighted by atomic mass is 10.3. The Bertz CT molecular complexity index is 63.7. The molecule has 60 valence electrons. The molecule has 0 spiro atoms. The Morgan fingerprint density at radius 2 is 1.20 bits per heavy atom. The standard InChI is InChI=1S/C8H16O2/c1-5-7(3)9-10-8(4)6-2/h5-6H2,1-4H3. The van der Waals surface area contributed by atoms with Crippen LogP contribution >= 0.6 is 0 Å². The van der Waals surface area contributed by atoms with Gasteiger partial charge < -0.3 is 0 Å². The van der Waals surface area contributed by atoms with Crippen molar-refractivity contribution in [3.05, 3.63) is 12.2 Å². The van der Waals surface area contributed by atoms with E-state index in [1.54, 1.807) is 0 Å². The molecule has 0 aromatic heterocycles. The van der Waals surface area contributed by atoms with E-state index in [0.717, 1.165) is 25.0 Å². The Labute approximate surface area is 63.5 Å². The van der Waals surface area contributed by atoms with Crippen molar-refractivity contribution in [3.63, 3.8) is 0 Å². The largest absolute Gasteiger partial charge is 0.226 e. The van der Waals surface area contributed by atoms with Gasteiger partial charge >= 0.3 is 0 Å². The van der Waals surface area contributed by atoms with E-state index < -0.39 is 0 Å². The van der Waals surface area contributed by atoms with Crippen LogP contribution < -0.4 is 0 Å². The van der Waals surface area contributed by atoms with Gasteiger partial charge in [0.15, 0.2) is 0 Å². The first-order valence-electron chi connectivity index (χ1n) is 3.70. The lowest BCUT2D eigenvalue weighted by Crippen LogP contribution is -2.02. The molecule has 10 heavy (non-hydrogen) atoms. The summed E-state index contributed by atoms with van der Waals surface area (Å²) in [6.07, 6.45) is 3.62. The molecule has 0 saturated heterocycles. The zero-order valence-electron chi connectivity index (χ0n) is 7.23. The second-order valence-electron chi connectivity index (χ2n) is 2.28. The molecule has 0 bridgehead atoms. The molecule has 0 saturated carbocycles. The Morgan fingerprint density at radius 3 is 1.40 bits per heavy atom. The average Bonchev–Trinajstić information content (AvgIpc) is 1.99. The molecule has 0 aromatic rings. The molecular formula is C8H16O2. The maximum Gasteiger partial charge on any atom is 0.132 e. The van der Waals surface area contributed by atoms with E-state index in [1.807, 2.05) is 27.7 Å². The Hall–Kier alpha value is -0.0800. The molecule has 2 heteroatoms. The molecule has 0 unspecified atom stereocenters. The first-order chi connectivity index (χ1) is 4.70. The van der Waals surface area contributed by atoms with Gasteiger partial charge in [0.2, 0.25) is 0 Å². The summed E-state index contributed by atoms with van der Waals surface area (Å²) in [5.41, 5.74) is 0. The third kappa shape index (κ3) is 4.77. The fourth-order valence-electron chi connectivity index (χ4n) is 0.260. The highest BCUT2D eigenvalue weighted by Gasteiger charge is 2.04. The Morgan fingerprint density at radius 1 is 0.900 bits per heavy atom. The van der Waals surface area contributed by atoms with Crippen LogP contribution in [-0.2, 0) is 9.78 Å². The monoisotopic (exact) mass is 144 g/mol. The minimum absolute atomic E-state index is 0.900. The third-order valence-corrected chi connectivity index (χ3v) is 1.32. The average molecular weight is 144 g/mol. The summed E-state index contributed by atoms with van der Waals surface area (Å²) in [6, 6.07) is 0. The van der Waals surface area contributed by atoms with Gasteiger partial charge in [-0.15, -0.1) is 0 Å². The fourth-order valence-corrected chi connectivity index (χ4v) is 0.260. The van der Waals surface area contributed by atoms with E-state index in [9.17, 15) is 0 Å². The fraction of sp³-hybridized carbons (Fsp3) is 0.750. The van der Waals surface area contributed by atoms with Gasteiger partial charge in [-0.25, -0.2) is 9.78 Å². The topological polar surface area (TPSA) is 18.5 Å². The van der Waals surface area contributed by atoms with Gasteiger partial charge in [0.1, 0.15) is 12.2 Å². The van der Waals surface area contributed by atoms with Crippen molar-refractivity contribution in [2.45, 2.75) is 40.5 Å². The van der Waals surface area contributed by atoms with E-state index >= 15 is 0 Å². The second-order valence-corrected chi connectivity index (χ2v) is 2.28. The molecule has 0 amide bonds. The summed E-state index contributed by atoms with van der Waals surface area (Å²) in [5, 5.41) is 0. The summed E-state index contributed by atoms with van der Waals surface area (Å²) >= 11 is 0. The Balaban J connectivity index is 3.17. The van der Waals surface area contributed by atoms with Crippen molar-refractivity contribution in [2.24, 2.45) is 0 Å². The predicted octanol–water partition coefficient (Wildman–Crippen LogP) is 2.86. The molecule has 0 atom stereocenters. The molecular weight excluding hydrogens is 128 g/mol. The van der Waals surface area contributed by atoms with E-state index in [-0.39, 0.29) is 0 Å². The van der Waals surface area contributed by atoms with E-state index in [2.05, 4.69) is 0 Å². The minimum Gasteiger partial charge on any atom is -0.226 e. The summed E-state index contributed by atoms with van der Waals surface area (Å²) in [4.78, 5) is 9.85. The highest BCUT2D eigenvalue weighted by Crippen LogP contribution is 2.12. The van der Waals surface area contributed by atoms with Crippen LogP contribution in [-0.4, -0.2) is 0 Å².